The van der Waals surface area contributed by atoms with Crippen LogP contribution in [0.25, 0.3) is 6.08 Å². The maximum Gasteiger partial charge on any atom is 0.416 e. The molecule has 1 aliphatic heterocycles. The molecule has 2 aromatic carbocycles. The number of thioether (sulfide) groups is 1. The van der Waals surface area contributed by atoms with E-state index in [4.69, 9.17) is 14.9 Å². The van der Waals surface area contributed by atoms with Gasteiger partial charge in [-0.05, 0) is 53.7 Å². The van der Waals surface area contributed by atoms with Crippen LogP contribution in [0.15, 0.2) is 47.4 Å². The summed E-state index contributed by atoms with van der Waals surface area (Å²) in [6, 6.07) is 9.38. The number of amides is 1. The van der Waals surface area contributed by atoms with Crippen LogP contribution in [0.4, 0.5) is 18.9 Å². The van der Waals surface area contributed by atoms with Gasteiger partial charge in [0.2, 0.25) is 0 Å². The highest BCUT2D eigenvalue weighted by molar-refractivity contribution is 8.19. The summed E-state index contributed by atoms with van der Waals surface area (Å²) < 4.78 is 49.2. The second-order valence-electron chi connectivity index (χ2n) is 5.72. The standard InChI is InChI=1S/C19H15F3N2O3S/c1-26-14-7-6-11(8-15(14)27-2)9-16-17(25)24(18(23)28-16)13-5-3-4-12(10-13)19(20,21)22/h3-10,23H,1-2H3/b16-9-,23-18?. The van der Waals surface area contributed by atoms with Gasteiger partial charge in [-0.25, -0.2) is 0 Å². The van der Waals surface area contributed by atoms with Gasteiger partial charge in [-0.1, -0.05) is 12.1 Å². The molecule has 0 bridgehead atoms. The minimum atomic E-state index is -4.54. The number of rotatable bonds is 4. The quantitative estimate of drug-likeness (QED) is 0.740. The third-order valence-electron chi connectivity index (χ3n) is 3.96. The van der Waals surface area contributed by atoms with Crippen LogP contribution in [-0.2, 0) is 11.0 Å². The Morgan fingerprint density at radius 2 is 1.79 bits per heavy atom. The van der Waals surface area contributed by atoms with Crippen LogP contribution in [0.1, 0.15) is 11.1 Å². The molecule has 0 aromatic heterocycles. The number of hydrogen-bond donors (Lipinski definition) is 1. The van der Waals surface area contributed by atoms with Gasteiger partial charge < -0.3 is 9.47 Å². The number of ether oxygens (including phenoxy) is 2. The maximum atomic E-state index is 13.0. The van der Waals surface area contributed by atoms with Gasteiger partial charge >= 0.3 is 6.18 Å². The Hall–Kier alpha value is -2.94. The molecule has 2 aromatic rings. The number of nitrogens with one attached hydrogen (secondary N) is 1. The Morgan fingerprint density at radius 3 is 2.43 bits per heavy atom. The second kappa shape index (κ2) is 7.59. The average molecular weight is 408 g/mol. The molecule has 1 N–H and O–H groups in total. The fourth-order valence-corrected chi connectivity index (χ4v) is 3.50. The third-order valence-corrected chi connectivity index (χ3v) is 4.85. The first-order chi connectivity index (χ1) is 13.2. The van der Waals surface area contributed by atoms with Crippen molar-refractivity contribution >= 4 is 34.6 Å². The highest BCUT2D eigenvalue weighted by Gasteiger charge is 2.36. The van der Waals surface area contributed by atoms with Crippen molar-refractivity contribution in [1.29, 1.82) is 5.41 Å². The highest BCUT2D eigenvalue weighted by Crippen LogP contribution is 2.38. The van der Waals surface area contributed by atoms with E-state index in [2.05, 4.69) is 0 Å². The Kier molecular flexibility index (Phi) is 5.37. The molecule has 0 unspecified atom stereocenters. The van der Waals surface area contributed by atoms with Gasteiger partial charge in [0, 0.05) is 0 Å². The van der Waals surface area contributed by atoms with Crippen molar-refractivity contribution in [3.8, 4) is 11.5 Å². The van der Waals surface area contributed by atoms with Gasteiger partial charge in [-0.15, -0.1) is 0 Å². The lowest BCUT2D eigenvalue weighted by Gasteiger charge is -2.16. The van der Waals surface area contributed by atoms with Crippen molar-refractivity contribution < 1.29 is 27.4 Å². The Morgan fingerprint density at radius 1 is 1.07 bits per heavy atom. The fraction of sp³-hybridized carbons (Fsp3) is 0.158. The van der Waals surface area contributed by atoms with Gasteiger partial charge in [-0.2, -0.15) is 13.2 Å². The van der Waals surface area contributed by atoms with E-state index >= 15 is 0 Å². The molecule has 0 spiro atoms. The number of methoxy groups -OCH3 is 2. The molecule has 1 amide bonds. The number of carbonyl (C=O) groups excluding carboxylic acids is 1. The number of anilines is 1. The van der Waals surface area contributed by atoms with E-state index in [0.29, 0.717) is 17.1 Å². The zero-order chi connectivity index (χ0) is 20.5. The van der Waals surface area contributed by atoms with Gasteiger partial charge in [-0.3, -0.25) is 15.1 Å². The molecule has 1 aliphatic rings. The first-order valence-corrected chi connectivity index (χ1v) is 8.78. The van der Waals surface area contributed by atoms with E-state index < -0.39 is 17.6 Å². The molecule has 5 nitrogen and oxygen atoms in total. The number of halogens is 3. The largest absolute Gasteiger partial charge is 0.493 e. The highest BCUT2D eigenvalue weighted by atomic mass is 32.2. The Balaban J connectivity index is 1.93. The summed E-state index contributed by atoms with van der Waals surface area (Å²) in [7, 11) is 2.98. The molecule has 0 atom stereocenters. The van der Waals surface area contributed by atoms with Crippen LogP contribution in [0.2, 0.25) is 0 Å². The number of alkyl halides is 3. The van der Waals surface area contributed by atoms with Crippen molar-refractivity contribution in [2.45, 2.75) is 6.18 Å². The van der Waals surface area contributed by atoms with E-state index in [-0.39, 0.29) is 15.8 Å². The molecular weight excluding hydrogens is 393 g/mol. The monoisotopic (exact) mass is 408 g/mol. The lowest BCUT2D eigenvalue weighted by molar-refractivity contribution is -0.137. The van der Waals surface area contributed by atoms with Crippen LogP contribution in [0.5, 0.6) is 11.5 Å². The van der Waals surface area contributed by atoms with Crippen LogP contribution >= 0.6 is 11.8 Å². The summed E-state index contributed by atoms with van der Waals surface area (Å²) in [5.74, 6) is 0.426. The zero-order valence-corrected chi connectivity index (χ0v) is 15.6. The minimum Gasteiger partial charge on any atom is -0.493 e. The smallest absolute Gasteiger partial charge is 0.416 e. The molecule has 146 valence electrons. The van der Waals surface area contributed by atoms with Gasteiger partial charge in [0.25, 0.3) is 5.91 Å². The summed E-state index contributed by atoms with van der Waals surface area (Å²) in [5, 5.41) is 7.87. The molecule has 1 saturated heterocycles. The molecule has 1 heterocycles. The number of amidine groups is 1. The summed E-state index contributed by atoms with van der Waals surface area (Å²) in [4.78, 5) is 13.9. The summed E-state index contributed by atoms with van der Waals surface area (Å²) in [5.41, 5.74) is -0.256. The normalized spacial score (nSPS) is 16.0. The maximum absolute atomic E-state index is 13.0. The summed E-state index contributed by atoms with van der Waals surface area (Å²) in [6.07, 6.45) is -2.98. The Bertz CT molecular complexity index is 973. The van der Waals surface area contributed by atoms with Crippen molar-refractivity contribution in [1.82, 2.24) is 0 Å². The lowest BCUT2D eigenvalue weighted by atomic mass is 10.1. The summed E-state index contributed by atoms with van der Waals surface area (Å²) >= 11 is 0.876. The molecule has 0 saturated carbocycles. The van der Waals surface area contributed by atoms with Crippen LogP contribution < -0.4 is 14.4 Å². The number of carbonyl (C=O) groups is 1. The predicted octanol–water partition coefficient (Wildman–Crippen LogP) is 4.78. The van der Waals surface area contributed by atoms with Gasteiger partial charge in [0.05, 0.1) is 30.4 Å². The molecule has 0 radical (unpaired) electrons. The van der Waals surface area contributed by atoms with E-state index in [1.807, 2.05) is 0 Å². The number of hydrogen-bond acceptors (Lipinski definition) is 5. The Labute approximate surface area is 163 Å². The average Bonchev–Trinajstić information content (AvgIpc) is 2.94. The number of benzene rings is 2. The first kappa shape index (κ1) is 19.8. The summed E-state index contributed by atoms with van der Waals surface area (Å²) in [6.45, 7) is 0. The van der Waals surface area contributed by atoms with Crippen molar-refractivity contribution in [2.75, 3.05) is 19.1 Å². The second-order valence-corrected chi connectivity index (χ2v) is 6.75. The van der Waals surface area contributed by atoms with E-state index in [9.17, 15) is 18.0 Å². The van der Waals surface area contributed by atoms with E-state index in [1.165, 1.54) is 26.4 Å². The topological polar surface area (TPSA) is 62.6 Å². The molecule has 28 heavy (non-hydrogen) atoms. The molecule has 1 fully saturated rings. The molecule has 3 rings (SSSR count). The predicted molar refractivity (Wildman–Crippen MR) is 102 cm³/mol. The SMILES string of the molecule is COc1ccc(/C=C2\SC(=N)N(c3cccc(C(F)(F)F)c3)C2=O)cc1OC. The van der Waals surface area contributed by atoms with Gasteiger partial charge in [0.1, 0.15) is 0 Å². The lowest BCUT2D eigenvalue weighted by Crippen LogP contribution is -2.28. The molecule has 0 aliphatic carbocycles. The van der Waals surface area contributed by atoms with Gasteiger partial charge in [0.15, 0.2) is 16.7 Å². The molecule has 9 heteroatoms. The van der Waals surface area contributed by atoms with Crippen LogP contribution in [0.3, 0.4) is 0 Å². The van der Waals surface area contributed by atoms with Crippen LogP contribution in [0, 0.1) is 5.41 Å². The van der Waals surface area contributed by atoms with Crippen molar-refractivity contribution in [3.05, 3.63) is 58.5 Å². The third kappa shape index (κ3) is 3.84. The zero-order valence-electron chi connectivity index (χ0n) is 14.8. The van der Waals surface area contributed by atoms with E-state index in [0.717, 1.165) is 28.8 Å². The van der Waals surface area contributed by atoms with Crippen molar-refractivity contribution in [2.24, 2.45) is 0 Å². The van der Waals surface area contributed by atoms with E-state index in [1.54, 1.807) is 24.3 Å². The fourth-order valence-electron chi connectivity index (χ4n) is 2.64. The van der Waals surface area contributed by atoms with Crippen molar-refractivity contribution in [3.63, 3.8) is 0 Å². The van der Waals surface area contributed by atoms with Crippen LogP contribution in [-0.4, -0.2) is 25.3 Å². The first-order valence-electron chi connectivity index (χ1n) is 7.96. The molecular formula is C19H15F3N2O3S. The number of nitrogens with zero attached hydrogens (tertiary/aromatic N) is 1. The minimum absolute atomic E-state index is 0.00645.